The lowest BCUT2D eigenvalue weighted by Gasteiger charge is -2.36. The summed E-state index contributed by atoms with van der Waals surface area (Å²) in [6.07, 6.45) is 4.47. The lowest BCUT2D eigenvalue weighted by molar-refractivity contribution is -0.136. The fourth-order valence-corrected chi connectivity index (χ4v) is 5.31. The second-order valence-electron chi connectivity index (χ2n) is 9.46. The molecule has 3 aliphatic rings. The number of para-hydroxylation sites is 1. The molecule has 0 aliphatic carbocycles. The molecule has 5 rings (SSSR count). The Balaban J connectivity index is 1.09. The average Bonchev–Trinajstić information content (AvgIpc) is 3.28. The molecule has 35 heavy (non-hydrogen) atoms. The van der Waals surface area contributed by atoms with Crippen LogP contribution in [-0.4, -0.2) is 66.3 Å². The van der Waals surface area contributed by atoms with Gasteiger partial charge in [-0.25, -0.2) is 0 Å². The molecule has 2 aromatic rings. The maximum Gasteiger partial charge on any atom is 0.255 e. The van der Waals surface area contributed by atoms with Crippen LogP contribution >= 0.6 is 0 Å². The van der Waals surface area contributed by atoms with E-state index in [2.05, 4.69) is 16.3 Å². The van der Waals surface area contributed by atoms with Crippen LogP contribution in [0, 0.1) is 0 Å². The van der Waals surface area contributed by atoms with E-state index < -0.39 is 11.9 Å². The molecule has 1 N–H and O–H groups in total. The van der Waals surface area contributed by atoms with Gasteiger partial charge in [0, 0.05) is 50.4 Å². The number of unbranched alkanes of at least 4 members (excludes halogenated alkanes) is 2. The number of carbonyl (C=O) groups is 3. The summed E-state index contributed by atoms with van der Waals surface area (Å²) in [5.74, 6) is -0.829. The van der Waals surface area contributed by atoms with E-state index in [1.807, 2.05) is 17.0 Å². The second kappa shape index (κ2) is 10.6. The molecule has 2 aromatic carbocycles. The van der Waals surface area contributed by atoms with Crippen LogP contribution in [-0.2, 0) is 22.6 Å². The van der Waals surface area contributed by atoms with Gasteiger partial charge < -0.3 is 9.80 Å². The number of rotatable bonds is 8. The van der Waals surface area contributed by atoms with Crippen molar-refractivity contribution in [2.45, 2.75) is 51.1 Å². The maximum atomic E-state index is 13.0. The SMILES string of the molecule is [2H]c1c([2H])c([2H])c(N2CCN(CCCCCc3cccc4c3CN(C3CCC(=O)NC3=O)C4=O)CC2)c([2H])c1[2H]. The Bertz CT molecular complexity index is 1320. The quantitative estimate of drug-likeness (QED) is 0.466. The number of imide groups is 1. The largest absolute Gasteiger partial charge is 0.369 e. The molecule has 0 bridgehead atoms. The Hall–Kier alpha value is -3.19. The van der Waals surface area contributed by atoms with Crippen LogP contribution in [0.2, 0.25) is 0 Å². The molecular weight excluding hydrogens is 440 g/mol. The summed E-state index contributed by atoms with van der Waals surface area (Å²) in [5, 5.41) is 2.35. The van der Waals surface area contributed by atoms with Crippen LogP contribution in [0.5, 0.6) is 0 Å². The van der Waals surface area contributed by atoms with Crippen LogP contribution < -0.4 is 10.2 Å². The van der Waals surface area contributed by atoms with E-state index in [0.717, 1.165) is 56.4 Å². The summed E-state index contributed by atoms with van der Waals surface area (Å²) in [6.45, 7) is 4.10. The molecule has 1 atom stereocenters. The number of piperidine rings is 1. The molecule has 7 nitrogen and oxygen atoms in total. The number of aryl methyl sites for hydroxylation is 1. The number of fused-ring (bicyclic) bond motifs is 1. The molecule has 2 fully saturated rings. The minimum absolute atomic E-state index is 0.144. The van der Waals surface area contributed by atoms with Crippen LogP contribution in [0.1, 0.15) is 60.4 Å². The van der Waals surface area contributed by atoms with Crippen LogP contribution in [0.15, 0.2) is 48.4 Å². The summed E-state index contributed by atoms with van der Waals surface area (Å²) >= 11 is 0. The van der Waals surface area contributed by atoms with Crippen molar-refractivity contribution in [1.29, 1.82) is 0 Å². The minimum Gasteiger partial charge on any atom is -0.369 e. The third-order valence-corrected chi connectivity index (χ3v) is 7.27. The summed E-state index contributed by atoms with van der Waals surface area (Å²) in [6, 6.07) is 3.92. The Kier molecular flexibility index (Phi) is 5.49. The number of nitrogens with zero attached hydrogens (tertiary/aromatic N) is 3. The predicted octanol–water partition coefficient (Wildman–Crippen LogP) is 2.98. The van der Waals surface area contributed by atoms with Gasteiger partial charge in [-0.2, -0.15) is 0 Å². The first-order valence-electron chi connectivity index (χ1n) is 15.0. The zero-order chi connectivity index (χ0) is 28.6. The van der Waals surface area contributed by atoms with Crippen molar-refractivity contribution in [2.24, 2.45) is 0 Å². The highest BCUT2D eigenvalue weighted by atomic mass is 16.2. The summed E-state index contributed by atoms with van der Waals surface area (Å²) < 4.78 is 40.0. The number of carbonyl (C=O) groups excluding carboxylic acids is 3. The third-order valence-electron chi connectivity index (χ3n) is 7.27. The fraction of sp³-hybridized carbons (Fsp3) is 0.464. The highest BCUT2D eigenvalue weighted by Crippen LogP contribution is 2.30. The highest BCUT2D eigenvalue weighted by Gasteiger charge is 2.39. The molecule has 2 saturated heterocycles. The Morgan fingerprint density at radius 1 is 0.971 bits per heavy atom. The van der Waals surface area contributed by atoms with Gasteiger partial charge in [0.1, 0.15) is 6.04 Å². The number of hydrogen-bond acceptors (Lipinski definition) is 5. The first-order valence-corrected chi connectivity index (χ1v) is 12.5. The zero-order valence-electron chi connectivity index (χ0n) is 24.9. The normalized spacial score (nSPS) is 22.8. The summed E-state index contributed by atoms with van der Waals surface area (Å²) in [4.78, 5) is 42.7. The van der Waals surface area contributed by atoms with Gasteiger partial charge in [0.25, 0.3) is 5.91 Å². The van der Waals surface area contributed by atoms with Crippen LogP contribution in [0.4, 0.5) is 5.69 Å². The van der Waals surface area contributed by atoms with Crippen LogP contribution in [0.3, 0.4) is 0 Å². The Morgan fingerprint density at radius 3 is 2.54 bits per heavy atom. The van der Waals surface area contributed by atoms with E-state index in [9.17, 15) is 14.4 Å². The molecular formula is C28H34N4O3. The molecule has 3 amide bonds. The van der Waals surface area contributed by atoms with Gasteiger partial charge in [0.2, 0.25) is 11.8 Å². The van der Waals surface area contributed by atoms with Crippen molar-refractivity contribution in [2.75, 3.05) is 37.6 Å². The van der Waals surface area contributed by atoms with Gasteiger partial charge in [0.15, 0.2) is 0 Å². The van der Waals surface area contributed by atoms with Gasteiger partial charge in [-0.1, -0.05) is 36.7 Å². The molecule has 7 heteroatoms. The van der Waals surface area contributed by atoms with Crippen molar-refractivity contribution in [3.05, 3.63) is 65.1 Å². The topological polar surface area (TPSA) is 73.0 Å². The number of anilines is 1. The van der Waals surface area contributed by atoms with E-state index in [1.54, 1.807) is 4.90 Å². The Labute approximate surface area is 214 Å². The molecule has 1 unspecified atom stereocenters. The average molecular weight is 480 g/mol. The standard InChI is InChI=1S/C28H34N4O3/c33-26-14-13-25(27(34)29-26)32-20-24-21(9-7-12-23(24)28(32)35)8-3-2-6-15-30-16-18-31(19-17-30)22-10-4-1-5-11-22/h1,4-5,7,9-12,25H,2-3,6,8,13-20H2,(H,29,33,34)/i1D,4D,5D,10D,11D. The van der Waals surface area contributed by atoms with Crippen molar-refractivity contribution < 1.29 is 21.2 Å². The molecule has 3 heterocycles. The molecule has 0 saturated carbocycles. The molecule has 0 radical (unpaired) electrons. The zero-order valence-corrected chi connectivity index (χ0v) is 19.9. The van der Waals surface area contributed by atoms with Crippen molar-refractivity contribution in [3.8, 4) is 0 Å². The number of nitrogens with one attached hydrogen (secondary N) is 1. The van der Waals surface area contributed by atoms with Crippen molar-refractivity contribution in [3.63, 3.8) is 0 Å². The summed E-state index contributed by atoms with van der Waals surface area (Å²) in [7, 11) is 0. The smallest absolute Gasteiger partial charge is 0.255 e. The number of piperazine rings is 1. The van der Waals surface area contributed by atoms with Gasteiger partial charge >= 0.3 is 0 Å². The number of benzene rings is 2. The van der Waals surface area contributed by atoms with Crippen LogP contribution in [0.25, 0.3) is 0 Å². The molecule has 0 aromatic heterocycles. The molecule has 0 spiro atoms. The van der Waals surface area contributed by atoms with Gasteiger partial charge in [0.05, 0.1) is 6.85 Å². The van der Waals surface area contributed by atoms with Gasteiger partial charge in [-0.15, -0.1) is 0 Å². The number of hydrogen-bond donors (Lipinski definition) is 1. The second-order valence-corrected chi connectivity index (χ2v) is 9.46. The van der Waals surface area contributed by atoms with E-state index in [1.165, 1.54) is 0 Å². The van der Waals surface area contributed by atoms with Crippen molar-refractivity contribution >= 4 is 23.4 Å². The lowest BCUT2D eigenvalue weighted by Crippen LogP contribution is -2.52. The Morgan fingerprint density at radius 2 is 1.77 bits per heavy atom. The van der Waals surface area contributed by atoms with Gasteiger partial charge in [-0.05, 0) is 61.5 Å². The van der Waals surface area contributed by atoms with Crippen molar-refractivity contribution in [1.82, 2.24) is 15.1 Å². The monoisotopic (exact) mass is 479 g/mol. The van der Waals surface area contributed by atoms with E-state index >= 15 is 0 Å². The fourth-order valence-electron chi connectivity index (χ4n) is 5.31. The predicted molar refractivity (Wildman–Crippen MR) is 135 cm³/mol. The van der Waals surface area contributed by atoms with Gasteiger partial charge in [-0.3, -0.25) is 24.6 Å². The van der Waals surface area contributed by atoms with E-state index in [4.69, 9.17) is 6.85 Å². The van der Waals surface area contributed by atoms with E-state index in [0.29, 0.717) is 31.6 Å². The third kappa shape index (κ3) is 5.25. The lowest BCUT2D eigenvalue weighted by atomic mass is 9.98. The molecule has 3 aliphatic heterocycles. The number of amides is 3. The maximum absolute atomic E-state index is 13.0. The molecule has 184 valence electrons. The highest BCUT2D eigenvalue weighted by molar-refractivity contribution is 6.05. The minimum atomic E-state index is -0.605. The first kappa shape index (κ1) is 18.1. The summed E-state index contributed by atoms with van der Waals surface area (Å²) in [5.41, 5.74) is 3.06. The first-order chi connectivity index (χ1) is 19.2. The van der Waals surface area contributed by atoms with E-state index in [-0.39, 0.29) is 54.1 Å².